The molecule has 0 spiro atoms. The standard InChI is InChI=1S/C24H29N3O3/c1-4-15-27-23(25-21-14-10-9-13-20(21)24(27)29)18(3)26(5-2)22(28)17-30-16-19-11-7-6-8-12-19/h6-14,18H,4-5,15-17H2,1-3H3. The summed E-state index contributed by atoms with van der Waals surface area (Å²) < 4.78 is 7.34. The fourth-order valence-electron chi connectivity index (χ4n) is 3.66. The molecule has 3 aromatic rings. The molecule has 1 atom stereocenters. The summed E-state index contributed by atoms with van der Waals surface area (Å²) in [5.74, 6) is 0.491. The van der Waals surface area contributed by atoms with E-state index in [1.807, 2.05) is 69.3 Å². The fraction of sp³-hybridized carbons (Fsp3) is 0.375. The minimum absolute atomic E-state index is 0.0152. The van der Waals surface area contributed by atoms with E-state index in [0.717, 1.165) is 12.0 Å². The van der Waals surface area contributed by atoms with Gasteiger partial charge in [0.1, 0.15) is 12.4 Å². The maximum Gasteiger partial charge on any atom is 0.261 e. The quantitative estimate of drug-likeness (QED) is 0.539. The molecule has 0 aliphatic heterocycles. The van der Waals surface area contributed by atoms with Crippen LogP contribution >= 0.6 is 0 Å². The first-order valence-corrected chi connectivity index (χ1v) is 10.5. The summed E-state index contributed by atoms with van der Waals surface area (Å²) in [6.45, 7) is 7.30. The molecular weight excluding hydrogens is 378 g/mol. The lowest BCUT2D eigenvalue weighted by molar-refractivity contribution is -0.138. The van der Waals surface area contributed by atoms with Crippen molar-refractivity contribution in [3.05, 3.63) is 76.3 Å². The number of amides is 1. The molecule has 30 heavy (non-hydrogen) atoms. The van der Waals surface area contributed by atoms with Gasteiger partial charge in [0.2, 0.25) is 5.91 Å². The van der Waals surface area contributed by atoms with E-state index < -0.39 is 0 Å². The van der Waals surface area contributed by atoms with Crippen molar-refractivity contribution in [1.82, 2.24) is 14.5 Å². The van der Waals surface area contributed by atoms with Crippen molar-refractivity contribution in [3.8, 4) is 0 Å². The summed E-state index contributed by atoms with van der Waals surface area (Å²) in [4.78, 5) is 32.4. The number of ether oxygens (including phenoxy) is 1. The fourth-order valence-corrected chi connectivity index (χ4v) is 3.66. The van der Waals surface area contributed by atoms with Gasteiger partial charge in [-0.1, -0.05) is 49.4 Å². The molecule has 0 aliphatic rings. The molecule has 0 radical (unpaired) electrons. The van der Waals surface area contributed by atoms with Crippen LogP contribution in [0.5, 0.6) is 0 Å². The van der Waals surface area contributed by atoms with Gasteiger partial charge in [-0.2, -0.15) is 0 Å². The summed E-state index contributed by atoms with van der Waals surface area (Å²) in [6.07, 6.45) is 0.805. The minimum Gasteiger partial charge on any atom is -0.367 e. The number of benzene rings is 2. The molecule has 0 N–H and O–H groups in total. The molecule has 1 unspecified atom stereocenters. The monoisotopic (exact) mass is 407 g/mol. The highest BCUT2D eigenvalue weighted by Crippen LogP contribution is 2.20. The Bertz CT molecular complexity index is 1050. The van der Waals surface area contributed by atoms with Crippen LogP contribution in [-0.2, 0) is 22.7 Å². The number of nitrogens with zero attached hydrogens (tertiary/aromatic N) is 3. The van der Waals surface area contributed by atoms with Crippen molar-refractivity contribution in [2.24, 2.45) is 0 Å². The lowest BCUT2D eigenvalue weighted by Crippen LogP contribution is -2.39. The second-order valence-electron chi connectivity index (χ2n) is 7.28. The summed E-state index contributed by atoms with van der Waals surface area (Å²) in [5.41, 5.74) is 1.61. The highest BCUT2D eigenvalue weighted by molar-refractivity contribution is 5.79. The molecule has 1 aromatic heterocycles. The van der Waals surface area contributed by atoms with Crippen LogP contribution in [0, 0.1) is 0 Å². The Kier molecular flexibility index (Phi) is 7.36. The summed E-state index contributed by atoms with van der Waals surface area (Å²) >= 11 is 0. The Morgan fingerprint density at radius 3 is 2.50 bits per heavy atom. The van der Waals surface area contributed by atoms with Crippen molar-refractivity contribution in [3.63, 3.8) is 0 Å². The Hall–Kier alpha value is -2.99. The third-order valence-corrected chi connectivity index (χ3v) is 5.18. The predicted molar refractivity (Wildman–Crippen MR) is 118 cm³/mol. The van der Waals surface area contributed by atoms with Crippen LogP contribution in [0.4, 0.5) is 0 Å². The molecule has 6 heteroatoms. The van der Waals surface area contributed by atoms with E-state index in [4.69, 9.17) is 9.72 Å². The van der Waals surface area contributed by atoms with E-state index >= 15 is 0 Å². The van der Waals surface area contributed by atoms with E-state index in [2.05, 4.69) is 0 Å². The summed E-state index contributed by atoms with van der Waals surface area (Å²) in [6, 6.07) is 16.8. The molecule has 0 saturated carbocycles. The molecule has 1 amide bonds. The van der Waals surface area contributed by atoms with Crippen molar-refractivity contribution >= 4 is 16.8 Å². The molecular formula is C24H29N3O3. The smallest absolute Gasteiger partial charge is 0.261 e. The lowest BCUT2D eigenvalue weighted by atomic mass is 10.2. The zero-order valence-electron chi connectivity index (χ0n) is 17.9. The Balaban J connectivity index is 1.82. The molecule has 2 aromatic carbocycles. The Morgan fingerprint density at radius 1 is 1.10 bits per heavy atom. The zero-order valence-corrected chi connectivity index (χ0v) is 17.9. The number of hydrogen-bond donors (Lipinski definition) is 0. The van der Waals surface area contributed by atoms with Gasteiger partial charge in [0.15, 0.2) is 0 Å². The van der Waals surface area contributed by atoms with E-state index in [1.54, 1.807) is 15.5 Å². The van der Waals surface area contributed by atoms with Crippen LogP contribution in [0.3, 0.4) is 0 Å². The normalized spacial score (nSPS) is 12.1. The number of fused-ring (bicyclic) bond motifs is 1. The van der Waals surface area contributed by atoms with Crippen molar-refractivity contribution < 1.29 is 9.53 Å². The number of para-hydroxylation sites is 1. The van der Waals surface area contributed by atoms with Crippen LogP contribution in [0.15, 0.2) is 59.4 Å². The number of likely N-dealkylation sites (N-methyl/N-ethyl adjacent to an activating group) is 1. The maximum atomic E-state index is 13.0. The predicted octanol–water partition coefficient (Wildman–Crippen LogP) is 3.93. The average molecular weight is 408 g/mol. The number of rotatable bonds is 9. The van der Waals surface area contributed by atoms with Gasteiger partial charge in [-0.15, -0.1) is 0 Å². The topological polar surface area (TPSA) is 64.4 Å². The maximum absolute atomic E-state index is 13.0. The van der Waals surface area contributed by atoms with Gasteiger partial charge >= 0.3 is 0 Å². The lowest BCUT2D eigenvalue weighted by Gasteiger charge is -2.29. The third kappa shape index (κ3) is 4.76. The number of hydrogen-bond acceptors (Lipinski definition) is 4. The summed E-state index contributed by atoms with van der Waals surface area (Å²) in [5, 5.41) is 0.600. The van der Waals surface area contributed by atoms with Crippen LogP contribution in [0.1, 0.15) is 44.6 Å². The first-order chi connectivity index (χ1) is 14.6. The molecule has 0 fully saturated rings. The van der Waals surface area contributed by atoms with Crippen LogP contribution in [0.25, 0.3) is 10.9 Å². The van der Waals surface area contributed by atoms with Crippen LogP contribution < -0.4 is 5.56 Å². The number of aromatic nitrogens is 2. The highest BCUT2D eigenvalue weighted by Gasteiger charge is 2.25. The van der Waals surface area contributed by atoms with Gasteiger partial charge in [0.25, 0.3) is 5.56 Å². The first kappa shape index (κ1) is 21.7. The van der Waals surface area contributed by atoms with Gasteiger partial charge in [-0.3, -0.25) is 14.2 Å². The van der Waals surface area contributed by atoms with E-state index in [0.29, 0.717) is 36.4 Å². The van der Waals surface area contributed by atoms with Gasteiger partial charge in [-0.05, 0) is 38.0 Å². The van der Waals surface area contributed by atoms with Crippen LogP contribution in [0.2, 0.25) is 0 Å². The minimum atomic E-state index is -0.341. The second-order valence-corrected chi connectivity index (χ2v) is 7.28. The third-order valence-electron chi connectivity index (χ3n) is 5.18. The van der Waals surface area contributed by atoms with Crippen molar-refractivity contribution in [2.45, 2.75) is 46.4 Å². The van der Waals surface area contributed by atoms with Crippen LogP contribution in [-0.4, -0.2) is 33.5 Å². The molecule has 158 valence electrons. The largest absolute Gasteiger partial charge is 0.367 e. The molecule has 0 saturated heterocycles. The van der Waals surface area contributed by atoms with Gasteiger partial charge < -0.3 is 9.64 Å². The van der Waals surface area contributed by atoms with Crippen molar-refractivity contribution in [2.75, 3.05) is 13.2 Å². The average Bonchev–Trinajstić information content (AvgIpc) is 2.77. The van der Waals surface area contributed by atoms with E-state index in [1.165, 1.54) is 0 Å². The molecule has 3 rings (SSSR count). The highest BCUT2D eigenvalue weighted by atomic mass is 16.5. The number of carbonyl (C=O) groups excluding carboxylic acids is 1. The zero-order chi connectivity index (χ0) is 21.5. The molecule has 1 heterocycles. The van der Waals surface area contributed by atoms with Gasteiger partial charge in [0.05, 0.1) is 23.6 Å². The SMILES string of the molecule is CCCn1c(C(C)N(CC)C(=O)COCc2ccccc2)nc2ccccc2c1=O. The van der Waals surface area contributed by atoms with Gasteiger partial charge in [-0.25, -0.2) is 4.98 Å². The van der Waals surface area contributed by atoms with E-state index in [-0.39, 0.29) is 24.1 Å². The number of carbonyl (C=O) groups is 1. The summed E-state index contributed by atoms with van der Waals surface area (Å²) in [7, 11) is 0. The molecule has 0 aliphatic carbocycles. The Morgan fingerprint density at radius 2 is 1.80 bits per heavy atom. The second kappa shape index (κ2) is 10.2. The molecule has 0 bridgehead atoms. The van der Waals surface area contributed by atoms with Gasteiger partial charge in [0, 0.05) is 13.1 Å². The van der Waals surface area contributed by atoms with E-state index in [9.17, 15) is 9.59 Å². The molecule has 6 nitrogen and oxygen atoms in total. The Labute approximate surface area is 177 Å². The van der Waals surface area contributed by atoms with Crippen molar-refractivity contribution in [1.29, 1.82) is 0 Å². The first-order valence-electron chi connectivity index (χ1n) is 10.5.